The third kappa shape index (κ3) is 4.50. The second kappa shape index (κ2) is 6.11. The Bertz CT molecular complexity index is 654. The molecule has 5 nitrogen and oxygen atoms in total. The lowest BCUT2D eigenvalue weighted by Gasteiger charge is -2.26. The lowest BCUT2D eigenvalue weighted by atomic mass is 9.98. The topological polar surface area (TPSA) is 89.3 Å². The maximum absolute atomic E-state index is 13.9. The Kier molecular flexibility index (Phi) is 5.11. The van der Waals surface area contributed by atoms with Crippen LogP contribution in [0.25, 0.3) is 0 Å². The summed E-state index contributed by atoms with van der Waals surface area (Å²) in [6.07, 6.45) is 1.57. The predicted octanol–water partition coefficient (Wildman–Crippen LogP) is 2.09. The molecule has 3 N–H and O–H groups in total. The monoisotopic (exact) mass is 316 g/mol. The fourth-order valence-electron chi connectivity index (χ4n) is 2.20. The van der Waals surface area contributed by atoms with Crippen LogP contribution >= 0.6 is 0 Å². The molecule has 1 aromatic rings. The SMILES string of the molecule is CCCC(C)(C)NC(=O)c1cc(S(N)(=O)=O)c(C)cc1F. The van der Waals surface area contributed by atoms with E-state index >= 15 is 0 Å². The number of hydrogen-bond donors (Lipinski definition) is 2. The summed E-state index contributed by atoms with van der Waals surface area (Å²) in [7, 11) is -4.01. The van der Waals surface area contributed by atoms with Crippen LogP contribution in [0.3, 0.4) is 0 Å². The van der Waals surface area contributed by atoms with Crippen molar-refractivity contribution < 1.29 is 17.6 Å². The van der Waals surface area contributed by atoms with Gasteiger partial charge in [0.1, 0.15) is 5.82 Å². The Labute approximate surface area is 124 Å². The van der Waals surface area contributed by atoms with Crippen molar-refractivity contribution in [3.63, 3.8) is 0 Å². The van der Waals surface area contributed by atoms with Crippen molar-refractivity contribution in [2.75, 3.05) is 0 Å². The van der Waals surface area contributed by atoms with Gasteiger partial charge < -0.3 is 5.32 Å². The fraction of sp³-hybridized carbons (Fsp3) is 0.500. The fourth-order valence-corrected chi connectivity index (χ4v) is 2.99. The zero-order chi connectivity index (χ0) is 16.4. The summed E-state index contributed by atoms with van der Waals surface area (Å²) in [6, 6.07) is 1.98. The van der Waals surface area contributed by atoms with Gasteiger partial charge in [0.05, 0.1) is 10.5 Å². The molecule has 0 spiro atoms. The number of primary sulfonamides is 1. The van der Waals surface area contributed by atoms with E-state index in [4.69, 9.17) is 5.14 Å². The number of hydrogen-bond acceptors (Lipinski definition) is 3. The lowest BCUT2D eigenvalue weighted by molar-refractivity contribution is 0.0904. The van der Waals surface area contributed by atoms with Crippen LogP contribution in [-0.4, -0.2) is 19.9 Å². The highest BCUT2D eigenvalue weighted by Crippen LogP contribution is 2.20. The average molecular weight is 316 g/mol. The van der Waals surface area contributed by atoms with Crippen LogP contribution in [-0.2, 0) is 10.0 Å². The maximum atomic E-state index is 13.9. The zero-order valence-electron chi connectivity index (χ0n) is 12.7. The highest BCUT2D eigenvalue weighted by Gasteiger charge is 2.24. The number of nitrogens with two attached hydrogens (primary N) is 1. The Hall–Kier alpha value is -1.47. The van der Waals surface area contributed by atoms with Gasteiger partial charge in [-0.1, -0.05) is 13.3 Å². The first-order valence-electron chi connectivity index (χ1n) is 6.63. The highest BCUT2D eigenvalue weighted by atomic mass is 32.2. The maximum Gasteiger partial charge on any atom is 0.254 e. The van der Waals surface area contributed by atoms with E-state index in [1.54, 1.807) is 0 Å². The summed E-state index contributed by atoms with van der Waals surface area (Å²) in [6.45, 7) is 7.03. The summed E-state index contributed by atoms with van der Waals surface area (Å²) >= 11 is 0. The van der Waals surface area contributed by atoms with Crippen molar-refractivity contribution in [2.45, 2.75) is 51.0 Å². The van der Waals surface area contributed by atoms with Gasteiger partial charge in [-0.25, -0.2) is 17.9 Å². The van der Waals surface area contributed by atoms with Gasteiger partial charge in [0.2, 0.25) is 10.0 Å². The van der Waals surface area contributed by atoms with Crippen LogP contribution in [0, 0.1) is 12.7 Å². The third-order valence-electron chi connectivity index (χ3n) is 3.14. The van der Waals surface area contributed by atoms with Crippen LogP contribution in [0.4, 0.5) is 4.39 Å². The molecule has 21 heavy (non-hydrogen) atoms. The van der Waals surface area contributed by atoms with E-state index in [0.717, 1.165) is 18.6 Å². The number of amides is 1. The summed E-state index contributed by atoms with van der Waals surface area (Å²) in [5, 5.41) is 7.77. The van der Waals surface area contributed by atoms with Crippen molar-refractivity contribution in [3.8, 4) is 0 Å². The Balaban J connectivity index is 3.22. The van der Waals surface area contributed by atoms with Gasteiger partial charge in [-0.3, -0.25) is 4.79 Å². The number of rotatable bonds is 5. The summed E-state index contributed by atoms with van der Waals surface area (Å²) < 4.78 is 36.8. The van der Waals surface area contributed by atoms with E-state index in [1.165, 1.54) is 6.92 Å². The Morgan fingerprint density at radius 1 is 1.38 bits per heavy atom. The minimum atomic E-state index is -4.01. The number of nitrogens with one attached hydrogen (secondary N) is 1. The first kappa shape index (κ1) is 17.6. The normalized spacial score (nSPS) is 12.3. The second-order valence-electron chi connectivity index (χ2n) is 5.73. The first-order chi connectivity index (χ1) is 9.48. The molecule has 0 saturated carbocycles. The average Bonchev–Trinajstić information content (AvgIpc) is 2.25. The number of sulfonamides is 1. The molecule has 0 aliphatic heterocycles. The minimum absolute atomic E-state index is 0.166. The smallest absolute Gasteiger partial charge is 0.254 e. The molecule has 0 aromatic heterocycles. The van der Waals surface area contributed by atoms with Crippen molar-refractivity contribution in [1.29, 1.82) is 0 Å². The molecule has 1 amide bonds. The molecule has 1 aromatic carbocycles. The Morgan fingerprint density at radius 2 is 1.95 bits per heavy atom. The van der Waals surface area contributed by atoms with Gasteiger partial charge in [0.15, 0.2) is 0 Å². The van der Waals surface area contributed by atoms with E-state index < -0.39 is 27.3 Å². The minimum Gasteiger partial charge on any atom is -0.347 e. The largest absolute Gasteiger partial charge is 0.347 e. The molecule has 0 radical (unpaired) electrons. The summed E-state index contributed by atoms with van der Waals surface area (Å²) in [5.74, 6) is -1.43. The number of aryl methyl sites for hydroxylation is 1. The molecule has 0 unspecified atom stereocenters. The van der Waals surface area contributed by atoms with Crippen molar-refractivity contribution in [2.24, 2.45) is 5.14 Å². The number of benzene rings is 1. The predicted molar refractivity (Wildman–Crippen MR) is 79.0 cm³/mol. The summed E-state index contributed by atoms with van der Waals surface area (Å²) in [4.78, 5) is 11.9. The van der Waals surface area contributed by atoms with Gasteiger partial charge >= 0.3 is 0 Å². The third-order valence-corrected chi connectivity index (χ3v) is 4.20. The quantitative estimate of drug-likeness (QED) is 0.871. The number of halogens is 1. The molecule has 0 aliphatic carbocycles. The van der Waals surface area contributed by atoms with Crippen LogP contribution in [0.15, 0.2) is 17.0 Å². The van der Waals surface area contributed by atoms with Crippen LogP contribution in [0.2, 0.25) is 0 Å². The second-order valence-corrected chi connectivity index (χ2v) is 7.26. The molecule has 0 aliphatic rings. The van der Waals surface area contributed by atoms with E-state index in [2.05, 4.69) is 5.32 Å². The van der Waals surface area contributed by atoms with Crippen molar-refractivity contribution in [1.82, 2.24) is 5.32 Å². The van der Waals surface area contributed by atoms with E-state index in [0.29, 0.717) is 6.42 Å². The Morgan fingerprint density at radius 3 is 2.43 bits per heavy atom. The van der Waals surface area contributed by atoms with Crippen molar-refractivity contribution in [3.05, 3.63) is 29.1 Å². The first-order valence-corrected chi connectivity index (χ1v) is 8.18. The van der Waals surface area contributed by atoms with Crippen LogP contribution in [0.5, 0.6) is 0 Å². The molecule has 0 fully saturated rings. The zero-order valence-corrected chi connectivity index (χ0v) is 13.5. The number of carbonyl (C=O) groups is 1. The molecule has 0 heterocycles. The number of carbonyl (C=O) groups excluding carboxylic acids is 1. The summed E-state index contributed by atoms with van der Waals surface area (Å²) in [5.41, 5.74) is -0.668. The van der Waals surface area contributed by atoms with Crippen LogP contribution in [0.1, 0.15) is 49.5 Å². The molecule has 1 rings (SSSR count). The molecule has 0 saturated heterocycles. The van der Waals surface area contributed by atoms with Gasteiger partial charge in [0, 0.05) is 5.54 Å². The van der Waals surface area contributed by atoms with Crippen molar-refractivity contribution >= 4 is 15.9 Å². The van der Waals surface area contributed by atoms with Crippen LogP contribution < -0.4 is 10.5 Å². The van der Waals surface area contributed by atoms with E-state index in [9.17, 15) is 17.6 Å². The van der Waals surface area contributed by atoms with Gasteiger partial charge in [-0.2, -0.15) is 0 Å². The molecule has 7 heteroatoms. The van der Waals surface area contributed by atoms with E-state index in [-0.39, 0.29) is 16.0 Å². The standard InChI is InChI=1S/C14H21FN2O3S/c1-5-6-14(3,4)17-13(18)10-8-12(21(16,19)20)9(2)7-11(10)15/h7-8H,5-6H2,1-4H3,(H,17,18)(H2,16,19,20). The molecule has 0 bridgehead atoms. The van der Waals surface area contributed by atoms with E-state index in [1.807, 2.05) is 20.8 Å². The molecular formula is C14H21FN2O3S. The lowest BCUT2D eigenvalue weighted by Crippen LogP contribution is -2.43. The molecular weight excluding hydrogens is 295 g/mol. The van der Waals surface area contributed by atoms with Gasteiger partial charge in [0.25, 0.3) is 5.91 Å². The van der Waals surface area contributed by atoms with Gasteiger partial charge in [-0.15, -0.1) is 0 Å². The van der Waals surface area contributed by atoms with Gasteiger partial charge in [-0.05, 0) is 44.9 Å². The molecule has 0 atom stereocenters. The molecule has 118 valence electrons. The highest BCUT2D eigenvalue weighted by molar-refractivity contribution is 7.89.